The highest BCUT2D eigenvalue weighted by molar-refractivity contribution is 6.01. The fourth-order valence-corrected chi connectivity index (χ4v) is 2.09. The standard InChI is InChI=1S/C13H15NO2.ClH/c1-2-14-9-11(8-12(14)15)13(16)10-6-4-3-5-7-10;/h3-7,11H,2,8-9H2,1H3;1H. The summed E-state index contributed by atoms with van der Waals surface area (Å²) < 4.78 is 0. The van der Waals surface area contributed by atoms with Crippen LogP contribution in [0.15, 0.2) is 30.3 Å². The number of rotatable bonds is 3. The van der Waals surface area contributed by atoms with E-state index in [1.807, 2.05) is 25.1 Å². The smallest absolute Gasteiger partial charge is 0.223 e. The number of nitrogens with zero attached hydrogens (tertiary/aromatic N) is 1. The zero-order valence-electron chi connectivity index (χ0n) is 9.76. The average Bonchev–Trinajstić information content (AvgIpc) is 2.71. The Labute approximate surface area is 107 Å². The van der Waals surface area contributed by atoms with Gasteiger partial charge >= 0.3 is 0 Å². The van der Waals surface area contributed by atoms with Gasteiger partial charge in [-0.2, -0.15) is 0 Å². The molecule has 0 saturated carbocycles. The lowest BCUT2D eigenvalue weighted by Gasteiger charge is -2.12. The number of amides is 1. The molecule has 0 aromatic heterocycles. The number of hydrogen-bond acceptors (Lipinski definition) is 2. The monoisotopic (exact) mass is 253 g/mol. The van der Waals surface area contributed by atoms with E-state index in [0.717, 1.165) is 0 Å². The molecular formula is C13H16ClNO2. The molecule has 4 heteroatoms. The van der Waals surface area contributed by atoms with Crippen molar-refractivity contribution in [3.63, 3.8) is 0 Å². The molecule has 0 radical (unpaired) electrons. The Balaban J connectivity index is 0.00000144. The molecule has 1 aliphatic rings. The first kappa shape index (κ1) is 13.7. The van der Waals surface area contributed by atoms with Gasteiger partial charge in [-0.05, 0) is 6.92 Å². The fourth-order valence-electron chi connectivity index (χ4n) is 2.09. The molecule has 1 heterocycles. The van der Waals surface area contributed by atoms with Gasteiger partial charge in [-0.1, -0.05) is 30.3 Å². The number of benzene rings is 1. The summed E-state index contributed by atoms with van der Waals surface area (Å²) in [4.78, 5) is 25.3. The molecule has 0 aliphatic carbocycles. The highest BCUT2D eigenvalue weighted by Crippen LogP contribution is 2.21. The van der Waals surface area contributed by atoms with Crippen LogP contribution in [-0.2, 0) is 4.79 Å². The summed E-state index contributed by atoms with van der Waals surface area (Å²) in [5.41, 5.74) is 0.707. The summed E-state index contributed by atoms with van der Waals surface area (Å²) in [6, 6.07) is 9.20. The number of halogens is 1. The van der Waals surface area contributed by atoms with Crippen molar-refractivity contribution in [1.82, 2.24) is 4.90 Å². The van der Waals surface area contributed by atoms with Crippen LogP contribution in [0.25, 0.3) is 0 Å². The van der Waals surface area contributed by atoms with E-state index in [9.17, 15) is 9.59 Å². The minimum absolute atomic E-state index is 0. The molecule has 1 aromatic rings. The van der Waals surface area contributed by atoms with Crippen LogP contribution in [0.2, 0.25) is 0 Å². The van der Waals surface area contributed by atoms with Crippen molar-refractivity contribution >= 4 is 24.1 Å². The van der Waals surface area contributed by atoms with Crippen LogP contribution in [0.4, 0.5) is 0 Å². The SMILES string of the molecule is CCN1CC(C(=O)c2ccccc2)CC1=O.Cl. The Hall–Kier alpha value is -1.35. The first-order valence-corrected chi connectivity index (χ1v) is 5.59. The number of hydrogen-bond donors (Lipinski definition) is 0. The first-order valence-electron chi connectivity index (χ1n) is 5.59. The van der Waals surface area contributed by atoms with Crippen LogP contribution >= 0.6 is 12.4 Å². The zero-order valence-corrected chi connectivity index (χ0v) is 10.6. The van der Waals surface area contributed by atoms with E-state index in [0.29, 0.717) is 25.1 Å². The van der Waals surface area contributed by atoms with E-state index in [-0.39, 0.29) is 30.0 Å². The van der Waals surface area contributed by atoms with Crippen LogP contribution < -0.4 is 0 Å². The van der Waals surface area contributed by atoms with Crippen LogP contribution in [0.3, 0.4) is 0 Å². The van der Waals surface area contributed by atoms with Crippen molar-refractivity contribution < 1.29 is 9.59 Å². The summed E-state index contributed by atoms with van der Waals surface area (Å²) in [5.74, 6) is 0.0246. The largest absolute Gasteiger partial charge is 0.342 e. The van der Waals surface area contributed by atoms with Crippen molar-refractivity contribution in [2.24, 2.45) is 5.92 Å². The second kappa shape index (κ2) is 5.82. The second-order valence-corrected chi connectivity index (χ2v) is 4.06. The van der Waals surface area contributed by atoms with E-state index < -0.39 is 0 Å². The highest BCUT2D eigenvalue weighted by atomic mass is 35.5. The molecule has 1 aliphatic heterocycles. The number of carbonyl (C=O) groups excluding carboxylic acids is 2. The van der Waals surface area contributed by atoms with Crippen molar-refractivity contribution in [3.8, 4) is 0 Å². The van der Waals surface area contributed by atoms with Crippen LogP contribution in [0.1, 0.15) is 23.7 Å². The predicted molar refractivity (Wildman–Crippen MR) is 68.4 cm³/mol. The van der Waals surface area contributed by atoms with Gasteiger partial charge in [-0.15, -0.1) is 12.4 Å². The molecule has 3 nitrogen and oxygen atoms in total. The van der Waals surface area contributed by atoms with Crippen molar-refractivity contribution in [2.45, 2.75) is 13.3 Å². The summed E-state index contributed by atoms with van der Waals surface area (Å²) in [6.45, 7) is 3.20. The minimum atomic E-state index is -0.158. The van der Waals surface area contributed by atoms with Gasteiger partial charge in [0.15, 0.2) is 5.78 Å². The first-order chi connectivity index (χ1) is 7.72. The summed E-state index contributed by atoms with van der Waals surface area (Å²) in [5, 5.41) is 0. The molecule has 0 spiro atoms. The lowest BCUT2D eigenvalue weighted by Crippen LogP contribution is -2.25. The summed E-state index contributed by atoms with van der Waals surface area (Å²) >= 11 is 0. The van der Waals surface area contributed by atoms with Crippen LogP contribution in [0.5, 0.6) is 0 Å². The quantitative estimate of drug-likeness (QED) is 0.775. The van der Waals surface area contributed by atoms with Gasteiger partial charge in [0, 0.05) is 31.0 Å². The summed E-state index contributed by atoms with van der Waals surface area (Å²) in [7, 11) is 0. The van der Waals surface area contributed by atoms with Gasteiger partial charge in [0.2, 0.25) is 5.91 Å². The van der Waals surface area contributed by atoms with Gasteiger partial charge in [0.1, 0.15) is 0 Å². The zero-order chi connectivity index (χ0) is 11.5. The molecule has 92 valence electrons. The topological polar surface area (TPSA) is 37.4 Å². The number of Topliss-reactive ketones (excluding diaryl/α,β-unsaturated/α-hetero) is 1. The van der Waals surface area contributed by atoms with E-state index in [4.69, 9.17) is 0 Å². The van der Waals surface area contributed by atoms with Gasteiger partial charge in [0.05, 0.1) is 0 Å². The number of carbonyl (C=O) groups is 2. The lowest BCUT2D eigenvalue weighted by atomic mass is 9.97. The number of likely N-dealkylation sites (tertiary alicyclic amines) is 1. The predicted octanol–water partition coefficient (Wildman–Crippen LogP) is 2.16. The van der Waals surface area contributed by atoms with Crippen molar-refractivity contribution in [3.05, 3.63) is 35.9 Å². The average molecular weight is 254 g/mol. The third-order valence-corrected chi connectivity index (χ3v) is 3.03. The second-order valence-electron chi connectivity index (χ2n) is 4.06. The maximum atomic E-state index is 12.1. The maximum Gasteiger partial charge on any atom is 0.223 e. The van der Waals surface area contributed by atoms with E-state index in [2.05, 4.69) is 0 Å². The highest BCUT2D eigenvalue weighted by Gasteiger charge is 2.33. The molecule has 1 fully saturated rings. The van der Waals surface area contributed by atoms with Gasteiger partial charge in [0.25, 0.3) is 0 Å². The van der Waals surface area contributed by atoms with Crippen molar-refractivity contribution in [1.29, 1.82) is 0 Å². The third kappa shape index (κ3) is 2.86. The van der Waals surface area contributed by atoms with E-state index in [1.165, 1.54) is 0 Å². The lowest BCUT2D eigenvalue weighted by molar-refractivity contribution is -0.127. The minimum Gasteiger partial charge on any atom is -0.342 e. The normalized spacial score (nSPS) is 19.0. The van der Waals surface area contributed by atoms with E-state index in [1.54, 1.807) is 17.0 Å². The Morgan fingerprint density at radius 2 is 2.00 bits per heavy atom. The Bertz CT molecular complexity index is 405. The molecule has 0 N–H and O–H groups in total. The molecule has 1 aromatic carbocycles. The fraction of sp³-hybridized carbons (Fsp3) is 0.385. The van der Waals surface area contributed by atoms with Crippen molar-refractivity contribution in [2.75, 3.05) is 13.1 Å². The Morgan fingerprint density at radius 3 is 2.53 bits per heavy atom. The molecule has 1 unspecified atom stereocenters. The maximum absolute atomic E-state index is 12.1. The van der Waals surface area contributed by atoms with Gasteiger partial charge < -0.3 is 4.90 Å². The molecule has 1 saturated heterocycles. The Kier molecular flexibility index (Phi) is 4.70. The molecule has 1 atom stereocenters. The third-order valence-electron chi connectivity index (χ3n) is 3.03. The number of ketones is 1. The van der Waals surface area contributed by atoms with Crippen LogP contribution in [-0.4, -0.2) is 29.7 Å². The van der Waals surface area contributed by atoms with Gasteiger partial charge in [-0.3, -0.25) is 9.59 Å². The van der Waals surface area contributed by atoms with Gasteiger partial charge in [-0.25, -0.2) is 0 Å². The molecule has 0 bridgehead atoms. The Morgan fingerprint density at radius 1 is 1.35 bits per heavy atom. The molecule has 1 amide bonds. The molecular weight excluding hydrogens is 238 g/mol. The molecule has 2 rings (SSSR count). The van der Waals surface area contributed by atoms with E-state index >= 15 is 0 Å². The van der Waals surface area contributed by atoms with Crippen LogP contribution in [0, 0.1) is 5.92 Å². The molecule has 17 heavy (non-hydrogen) atoms. The summed E-state index contributed by atoms with van der Waals surface area (Å²) in [6.07, 6.45) is 0.363.